The summed E-state index contributed by atoms with van der Waals surface area (Å²) in [5.74, 6) is -0.623. The molecule has 0 saturated carbocycles. The van der Waals surface area contributed by atoms with E-state index in [9.17, 15) is 14.0 Å². The van der Waals surface area contributed by atoms with E-state index < -0.39 is 5.97 Å². The fraction of sp³-hybridized carbons (Fsp3) is 0.556. The highest BCUT2D eigenvalue weighted by Gasteiger charge is 2.25. The first-order chi connectivity index (χ1) is 12.9. The maximum atomic E-state index is 12.8. The summed E-state index contributed by atoms with van der Waals surface area (Å²) < 4.78 is 23.9. The molecule has 1 aromatic rings. The van der Waals surface area contributed by atoms with Crippen LogP contribution in [0.5, 0.6) is 5.75 Å². The minimum Gasteiger partial charge on any atom is -0.494 e. The number of carboxylic acid groups (broad SMARTS) is 1. The molecule has 27 heavy (non-hydrogen) atoms. The molecular weight excluding hydrogens is 357 g/mol. The van der Waals surface area contributed by atoms with Gasteiger partial charge < -0.3 is 24.8 Å². The van der Waals surface area contributed by atoms with Gasteiger partial charge in [0.05, 0.1) is 25.9 Å². The summed E-state index contributed by atoms with van der Waals surface area (Å²) in [5.41, 5.74) is 0. The van der Waals surface area contributed by atoms with Gasteiger partial charge in [0.25, 0.3) is 0 Å². The van der Waals surface area contributed by atoms with Gasteiger partial charge in [-0.2, -0.15) is 0 Å². The van der Waals surface area contributed by atoms with Crippen LogP contribution in [0.3, 0.4) is 0 Å². The van der Waals surface area contributed by atoms with Gasteiger partial charge in [-0.3, -0.25) is 9.69 Å². The van der Waals surface area contributed by atoms with Gasteiger partial charge in [-0.25, -0.2) is 9.18 Å². The van der Waals surface area contributed by atoms with Gasteiger partial charge in [-0.05, 0) is 37.7 Å². The van der Waals surface area contributed by atoms with Gasteiger partial charge in [0.1, 0.15) is 11.6 Å². The first kappa shape index (κ1) is 20.9. The first-order valence-electron chi connectivity index (χ1n) is 8.87. The number of nitrogens with one attached hydrogen (secondary N) is 1. The number of hydrogen-bond acceptors (Lipinski definition) is 5. The highest BCUT2D eigenvalue weighted by molar-refractivity contribution is 5.74. The summed E-state index contributed by atoms with van der Waals surface area (Å²) in [6, 6.07) is 5.61. The number of carbonyl (C=O) groups is 2. The van der Waals surface area contributed by atoms with E-state index in [2.05, 4.69) is 5.32 Å². The molecule has 1 unspecified atom stereocenters. The van der Waals surface area contributed by atoms with E-state index in [0.717, 1.165) is 0 Å². The van der Waals surface area contributed by atoms with E-state index in [-0.39, 0.29) is 24.5 Å². The standard InChI is InChI=1S/C18H26FN3O5/c1-21(13-17(23)24)11-16-12-22(8-10-27-16)18(25)20-7-2-9-26-15-5-3-14(19)4-6-15/h3-6,16H,2,7-13H2,1H3,(H,20,25)(H,23,24). The van der Waals surface area contributed by atoms with Crippen molar-refractivity contribution in [3.8, 4) is 5.75 Å². The molecule has 1 heterocycles. The van der Waals surface area contributed by atoms with Crippen molar-refractivity contribution in [3.05, 3.63) is 30.1 Å². The lowest BCUT2D eigenvalue weighted by atomic mass is 10.2. The minimum atomic E-state index is -0.897. The average molecular weight is 383 g/mol. The lowest BCUT2D eigenvalue weighted by molar-refractivity contribution is -0.138. The average Bonchev–Trinajstić information content (AvgIpc) is 2.62. The van der Waals surface area contributed by atoms with Crippen LogP contribution < -0.4 is 10.1 Å². The highest BCUT2D eigenvalue weighted by atomic mass is 19.1. The number of benzene rings is 1. The molecule has 8 nitrogen and oxygen atoms in total. The van der Waals surface area contributed by atoms with E-state index >= 15 is 0 Å². The SMILES string of the molecule is CN(CC(=O)O)CC1CN(C(=O)NCCCOc2ccc(F)cc2)CCO1. The van der Waals surface area contributed by atoms with Gasteiger partial charge in [-0.15, -0.1) is 0 Å². The quantitative estimate of drug-likeness (QED) is 0.619. The monoisotopic (exact) mass is 383 g/mol. The molecular formula is C18H26FN3O5. The number of hydrogen-bond donors (Lipinski definition) is 2. The van der Waals surface area contributed by atoms with E-state index in [1.54, 1.807) is 29.0 Å². The van der Waals surface area contributed by atoms with Crippen LogP contribution in [0.2, 0.25) is 0 Å². The van der Waals surface area contributed by atoms with Gasteiger partial charge in [0.2, 0.25) is 0 Å². The number of carboxylic acids is 1. The van der Waals surface area contributed by atoms with Gasteiger partial charge in [-0.1, -0.05) is 0 Å². The third-order valence-corrected chi connectivity index (χ3v) is 4.03. The first-order valence-corrected chi connectivity index (χ1v) is 8.87. The molecule has 1 saturated heterocycles. The summed E-state index contributed by atoms with van der Waals surface area (Å²) in [6.45, 7) is 2.59. The number of nitrogens with zero attached hydrogens (tertiary/aromatic N) is 2. The number of carbonyl (C=O) groups excluding carboxylic acids is 1. The molecule has 2 rings (SSSR count). The van der Waals surface area contributed by atoms with Crippen LogP contribution >= 0.6 is 0 Å². The Morgan fingerprint density at radius 2 is 2.15 bits per heavy atom. The van der Waals surface area contributed by atoms with Crippen molar-refractivity contribution in [2.45, 2.75) is 12.5 Å². The minimum absolute atomic E-state index is 0.0693. The summed E-state index contributed by atoms with van der Waals surface area (Å²) >= 11 is 0. The molecule has 1 aromatic carbocycles. The Kier molecular flexibility index (Phi) is 8.28. The van der Waals surface area contributed by atoms with Gasteiger partial charge in [0, 0.05) is 26.2 Å². The van der Waals surface area contributed by atoms with Crippen molar-refractivity contribution in [2.75, 3.05) is 53.0 Å². The molecule has 0 bridgehead atoms. The Hall–Kier alpha value is -2.39. The second-order valence-electron chi connectivity index (χ2n) is 6.42. The van der Waals surface area contributed by atoms with Crippen LogP contribution in [0.1, 0.15) is 6.42 Å². The van der Waals surface area contributed by atoms with Crippen LogP contribution in [-0.2, 0) is 9.53 Å². The van der Waals surface area contributed by atoms with Crippen molar-refractivity contribution in [1.82, 2.24) is 15.1 Å². The number of halogens is 1. The Labute approximate surface area is 157 Å². The third-order valence-electron chi connectivity index (χ3n) is 4.03. The number of rotatable bonds is 9. The Morgan fingerprint density at radius 1 is 1.41 bits per heavy atom. The highest BCUT2D eigenvalue weighted by Crippen LogP contribution is 2.11. The summed E-state index contributed by atoms with van der Waals surface area (Å²) in [6.07, 6.45) is 0.411. The largest absolute Gasteiger partial charge is 0.494 e. The van der Waals surface area contributed by atoms with Crippen molar-refractivity contribution in [1.29, 1.82) is 0 Å². The van der Waals surface area contributed by atoms with Crippen LogP contribution in [0, 0.1) is 5.82 Å². The van der Waals surface area contributed by atoms with Crippen molar-refractivity contribution in [3.63, 3.8) is 0 Å². The second-order valence-corrected chi connectivity index (χ2v) is 6.42. The molecule has 1 atom stereocenters. The zero-order valence-electron chi connectivity index (χ0n) is 15.4. The molecule has 0 aromatic heterocycles. The molecule has 1 aliphatic rings. The molecule has 150 valence electrons. The van der Waals surface area contributed by atoms with Crippen LogP contribution in [-0.4, -0.2) is 86.0 Å². The van der Waals surface area contributed by atoms with Gasteiger partial charge >= 0.3 is 12.0 Å². The van der Waals surface area contributed by atoms with Crippen molar-refractivity contribution >= 4 is 12.0 Å². The summed E-state index contributed by atoms with van der Waals surface area (Å²) in [5, 5.41) is 11.6. The fourth-order valence-corrected chi connectivity index (χ4v) is 2.76. The van der Waals surface area contributed by atoms with Crippen molar-refractivity contribution < 1.29 is 28.6 Å². The third kappa shape index (κ3) is 7.79. The number of urea groups is 1. The Balaban J connectivity index is 1.63. The normalized spacial score (nSPS) is 17.0. The van der Waals surface area contributed by atoms with E-state index in [1.807, 2.05) is 0 Å². The van der Waals surface area contributed by atoms with Crippen molar-refractivity contribution in [2.24, 2.45) is 0 Å². The van der Waals surface area contributed by atoms with E-state index in [4.69, 9.17) is 14.6 Å². The fourth-order valence-electron chi connectivity index (χ4n) is 2.76. The Bertz CT molecular complexity index is 614. The van der Waals surface area contributed by atoms with Crippen LogP contribution in [0.4, 0.5) is 9.18 Å². The summed E-state index contributed by atoms with van der Waals surface area (Å²) in [4.78, 5) is 26.3. The Morgan fingerprint density at radius 3 is 2.85 bits per heavy atom. The lowest BCUT2D eigenvalue weighted by Gasteiger charge is -2.34. The number of likely N-dealkylation sites (N-methyl/N-ethyl adjacent to an activating group) is 1. The zero-order valence-corrected chi connectivity index (χ0v) is 15.4. The zero-order chi connectivity index (χ0) is 19.6. The molecule has 0 radical (unpaired) electrons. The predicted molar refractivity (Wildman–Crippen MR) is 96.4 cm³/mol. The molecule has 9 heteroatoms. The van der Waals surface area contributed by atoms with E-state index in [0.29, 0.717) is 51.6 Å². The molecule has 2 N–H and O–H groups in total. The maximum Gasteiger partial charge on any atom is 0.317 e. The molecule has 1 aliphatic heterocycles. The second kappa shape index (κ2) is 10.7. The van der Waals surface area contributed by atoms with Crippen LogP contribution in [0.25, 0.3) is 0 Å². The van der Waals surface area contributed by atoms with Gasteiger partial charge in [0.15, 0.2) is 0 Å². The number of aliphatic carboxylic acids is 1. The number of ether oxygens (including phenoxy) is 2. The topological polar surface area (TPSA) is 91.3 Å². The molecule has 2 amide bonds. The molecule has 0 spiro atoms. The smallest absolute Gasteiger partial charge is 0.317 e. The maximum absolute atomic E-state index is 12.8. The molecule has 1 fully saturated rings. The lowest BCUT2D eigenvalue weighted by Crippen LogP contribution is -2.52. The molecule has 0 aliphatic carbocycles. The van der Waals surface area contributed by atoms with Crippen LogP contribution in [0.15, 0.2) is 24.3 Å². The number of amides is 2. The predicted octanol–water partition coefficient (Wildman–Crippen LogP) is 1.02. The number of morpholine rings is 1. The van der Waals surface area contributed by atoms with E-state index in [1.165, 1.54) is 12.1 Å². The summed E-state index contributed by atoms with van der Waals surface area (Å²) in [7, 11) is 1.71.